The van der Waals surface area contributed by atoms with E-state index in [2.05, 4.69) is 22.3 Å². The van der Waals surface area contributed by atoms with Crippen molar-refractivity contribution in [1.29, 1.82) is 0 Å². The summed E-state index contributed by atoms with van der Waals surface area (Å²) in [7, 11) is 3.93. The van der Waals surface area contributed by atoms with Gasteiger partial charge in [-0.3, -0.25) is 4.99 Å². The Morgan fingerprint density at radius 3 is 2.67 bits per heavy atom. The number of nitrogens with zero attached hydrogens (tertiary/aromatic N) is 2. The molecule has 0 bridgehead atoms. The fourth-order valence-electron chi connectivity index (χ4n) is 2.81. The van der Waals surface area contributed by atoms with E-state index >= 15 is 0 Å². The van der Waals surface area contributed by atoms with Gasteiger partial charge in [-0.1, -0.05) is 19.3 Å². The van der Waals surface area contributed by atoms with Gasteiger partial charge in [-0.05, 0) is 39.8 Å². The van der Waals surface area contributed by atoms with Crippen LogP contribution in [0.1, 0.15) is 45.4 Å². The van der Waals surface area contributed by atoms with Crippen LogP contribution in [-0.2, 0) is 4.74 Å². The highest BCUT2D eigenvalue weighted by atomic mass is 127. The molecular weight excluding hydrogens is 379 g/mol. The Bertz CT molecular complexity index is 283. The van der Waals surface area contributed by atoms with Gasteiger partial charge in [0.2, 0.25) is 0 Å². The fraction of sp³-hybridized carbons (Fsp3) is 0.933. The Morgan fingerprint density at radius 1 is 1.38 bits per heavy atom. The minimum Gasteiger partial charge on any atom is -0.383 e. The van der Waals surface area contributed by atoms with Crippen LogP contribution in [0.3, 0.4) is 0 Å². The van der Waals surface area contributed by atoms with E-state index in [1.54, 1.807) is 7.11 Å². The molecule has 21 heavy (non-hydrogen) atoms. The number of aliphatic imine (C=N–C) groups is 1. The van der Waals surface area contributed by atoms with Gasteiger partial charge in [0.05, 0.1) is 6.61 Å². The summed E-state index contributed by atoms with van der Waals surface area (Å²) in [5.41, 5.74) is 5.83. The molecule has 1 atom stereocenters. The Balaban J connectivity index is 0.00000400. The largest absolute Gasteiger partial charge is 0.383 e. The summed E-state index contributed by atoms with van der Waals surface area (Å²) >= 11 is 0. The maximum Gasteiger partial charge on any atom is 0.188 e. The van der Waals surface area contributed by atoms with E-state index in [0.717, 1.165) is 25.6 Å². The first-order chi connectivity index (χ1) is 9.63. The fourth-order valence-corrected chi connectivity index (χ4v) is 2.81. The van der Waals surface area contributed by atoms with Crippen LogP contribution in [0.25, 0.3) is 0 Å². The maximum atomic E-state index is 5.83. The second kappa shape index (κ2) is 12.5. The number of hydrogen-bond acceptors (Lipinski definition) is 3. The minimum absolute atomic E-state index is 0. The SMILES string of the molecule is COCC(C)NC(N)=NCCCN(C)C1CCCCC1.I. The molecule has 1 aliphatic rings. The van der Waals surface area contributed by atoms with Crippen LogP contribution in [0.5, 0.6) is 0 Å². The normalized spacial score (nSPS) is 18.4. The van der Waals surface area contributed by atoms with Gasteiger partial charge in [-0.15, -0.1) is 24.0 Å². The van der Waals surface area contributed by atoms with Crippen molar-refractivity contribution >= 4 is 29.9 Å². The zero-order valence-electron chi connectivity index (χ0n) is 13.8. The molecule has 5 nitrogen and oxygen atoms in total. The molecule has 1 unspecified atom stereocenters. The molecule has 1 rings (SSSR count). The molecule has 1 fully saturated rings. The molecule has 0 aliphatic heterocycles. The first-order valence-electron chi connectivity index (χ1n) is 7.89. The zero-order valence-corrected chi connectivity index (χ0v) is 16.1. The van der Waals surface area contributed by atoms with Crippen molar-refractivity contribution in [2.24, 2.45) is 10.7 Å². The van der Waals surface area contributed by atoms with Crippen molar-refractivity contribution in [2.75, 3.05) is 33.9 Å². The van der Waals surface area contributed by atoms with Crippen LogP contribution in [0, 0.1) is 0 Å². The molecular formula is C15H33IN4O. The molecule has 0 amide bonds. The third kappa shape index (κ3) is 9.52. The smallest absolute Gasteiger partial charge is 0.188 e. The Labute approximate surface area is 147 Å². The summed E-state index contributed by atoms with van der Waals surface area (Å²) in [6.45, 7) is 4.56. The molecule has 0 radical (unpaired) electrons. The minimum atomic E-state index is 0. The molecule has 6 heteroatoms. The van der Waals surface area contributed by atoms with Crippen molar-refractivity contribution in [3.05, 3.63) is 0 Å². The van der Waals surface area contributed by atoms with Crippen molar-refractivity contribution < 1.29 is 4.74 Å². The lowest BCUT2D eigenvalue weighted by atomic mass is 9.94. The van der Waals surface area contributed by atoms with Crippen LogP contribution in [0.4, 0.5) is 0 Å². The molecule has 0 aromatic rings. The van der Waals surface area contributed by atoms with Gasteiger partial charge < -0.3 is 20.7 Å². The maximum absolute atomic E-state index is 5.83. The number of hydrogen-bond donors (Lipinski definition) is 2. The zero-order chi connectivity index (χ0) is 14.8. The Morgan fingerprint density at radius 2 is 2.05 bits per heavy atom. The van der Waals surface area contributed by atoms with Gasteiger partial charge in [-0.25, -0.2) is 0 Å². The quantitative estimate of drug-likeness (QED) is 0.278. The van der Waals surface area contributed by atoms with Crippen LogP contribution in [0.15, 0.2) is 4.99 Å². The van der Waals surface area contributed by atoms with Crippen molar-refractivity contribution in [3.63, 3.8) is 0 Å². The highest BCUT2D eigenvalue weighted by Crippen LogP contribution is 2.21. The van der Waals surface area contributed by atoms with E-state index in [0.29, 0.717) is 12.6 Å². The molecule has 126 valence electrons. The molecule has 1 aliphatic carbocycles. The van der Waals surface area contributed by atoms with Gasteiger partial charge in [0, 0.05) is 25.7 Å². The topological polar surface area (TPSA) is 62.9 Å². The molecule has 1 saturated carbocycles. The average Bonchev–Trinajstić information content (AvgIpc) is 2.44. The first kappa shape index (κ1) is 20.9. The number of methoxy groups -OCH3 is 1. The standard InChI is InChI=1S/C15H32N4O.HI/c1-13(12-20-3)18-15(16)17-10-7-11-19(2)14-8-5-4-6-9-14;/h13-14H,4-12H2,1-3H3,(H3,16,17,18);1H. The third-order valence-corrected chi connectivity index (χ3v) is 3.96. The molecule has 3 N–H and O–H groups in total. The van der Waals surface area contributed by atoms with E-state index in [1.165, 1.54) is 32.1 Å². The summed E-state index contributed by atoms with van der Waals surface area (Å²) in [6, 6.07) is 0.985. The van der Waals surface area contributed by atoms with Crippen molar-refractivity contribution in [2.45, 2.75) is 57.5 Å². The van der Waals surface area contributed by atoms with Gasteiger partial charge in [0.25, 0.3) is 0 Å². The van der Waals surface area contributed by atoms with E-state index in [4.69, 9.17) is 10.5 Å². The number of guanidine groups is 1. The van der Waals surface area contributed by atoms with E-state index in [9.17, 15) is 0 Å². The van der Waals surface area contributed by atoms with Crippen LogP contribution < -0.4 is 11.1 Å². The molecule has 0 heterocycles. The van der Waals surface area contributed by atoms with Crippen LogP contribution in [-0.4, -0.2) is 56.8 Å². The first-order valence-corrected chi connectivity index (χ1v) is 7.89. The number of nitrogens with two attached hydrogens (primary N) is 1. The van der Waals surface area contributed by atoms with Gasteiger partial charge in [0.1, 0.15) is 0 Å². The molecule has 0 aromatic heterocycles. The Kier molecular flexibility index (Phi) is 12.4. The van der Waals surface area contributed by atoms with Crippen LogP contribution in [0.2, 0.25) is 0 Å². The van der Waals surface area contributed by atoms with E-state index in [-0.39, 0.29) is 30.0 Å². The van der Waals surface area contributed by atoms with Crippen LogP contribution >= 0.6 is 24.0 Å². The number of halogens is 1. The van der Waals surface area contributed by atoms with E-state index < -0.39 is 0 Å². The van der Waals surface area contributed by atoms with Crippen molar-refractivity contribution in [1.82, 2.24) is 10.2 Å². The number of rotatable bonds is 8. The monoisotopic (exact) mass is 412 g/mol. The predicted octanol–water partition coefficient (Wildman–Crippen LogP) is 2.20. The summed E-state index contributed by atoms with van der Waals surface area (Å²) in [6.07, 6.45) is 7.98. The predicted molar refractivity (Wildman–Crippen MR) is 100 cm³/mol. The summed E-state index contributed by atoms with van der Waals surface area (Å²) in [5.74, 6) is 0.523. The molecule has 0 saturated heterocycles. The van der Waals surface area contributed by atoms with Gasteiger partial charge in [0.15, 0.2) is 5.96 Å². The lowest BCUT2D eigenvalue weighted by molar-refractivity contribution is 0.179. The summed E-state index contributed by atoms with van der Waals surface area (Å²) < 4.78 is 5.05. The Hall–Kier alpha value is -0.0800. The average molecular weight is 412 g/mol. The van der Waals surface area contributed by atoms with Gasteiger partial charge >= 0.3 is 0 Å². The lowest BCUT2D eigenvalue weighted by Gasteiger charge is -2.31. The second-order valence-electron chi connectivity index (χ2n) is 5.89. The third-order valence-electron chi connectivity index (χ3n) is 3.96. The summed E-state index contributed by atoms with van der Waals surface area (Å²) in [4.78, 5) is 6.86. The van der Waals surface area contributed by atoms with E-state index in [1.807, 2.05) is 6.92 Å². The number of ether oxygens (including phenoxy) is 1. The van der Waals surface area contributed by atoms with Gasteiger partial charge in [-0.2, -0.15) is 0 Å². The van der Waals surface area contributed by atoms with Crippen molar-refractivity contribution in [3.8, 4) is 0 Å². The lowest BCUT2D eigenvalue weighted by Crippen LogP contribution is -2.40. The molecule has 0 spiro atoms. The molecule has 0 aromatic carbocycles. The summed E-state index contributed by atoms with van der Waals surface area (Å²) in [5, 5.41) is 3.12. The second-order valence-corrected chi connectivity index (χ2v) is 5.89. The highest BCUT2D eigenvalue weighted by Gasteiger charge is 2.17. The number of nitrogens with one attached hydrogen (secondary N) is 1. The highest BCUT2D eigenvalue weighted by molar-refractivity contribution is 14.0.